The van der Waals surface area contributed by atoms with E-state index in [1.54, 1.807) is 25.1 Å². The number of aliphatic hydroxyl groups excluding tert-OH is 1. The fourth-order valence-electron chi connectivity index (χ4n) is 1.25. The number of hydrogen-bond donors (Lipinski definition) is 2. The van der Waals surface area contributed by atoms with Crippen molar-refractivity contribution in [2.75, 3.05) is 17.1 Å². The highest BCUT2D eigenvalue weighted by atomic mass is 32.2. The van der Waals surface area contributed by atoms with Crippen molar-refractivity contribution in [1.82, 2.24) is 4.98 Å². The molecule has 6 heteroatoms. The Morgan fingerprint density at radius 3 is 2.89 bits per heavy atom. The van der Waals surface area contributed by atoms with Crippen LogP contribution in [0.2, 0.25) is 0 Å². The molecular formula is C12H16N2O3S. The minimum absolute atomic E-state index is 0.00415. The summed E-state index contributed by atoms with van der Waals surface area (Å²) in [6.07, 6.45) is 0.915. The van der Waals surface area contributed by atoms with E-state index >= 15 is 0 Å². The molecule has 1 heterocycles. The molecule has 0 amide bonds. The number of nitrogens with one attached hydrogen (secondary N) is 1. The second-order valence-electron chi connectivity index (χ2n) is 3.60. The molecule has 0 saturated carbocycles. The van der Waals surface area contributed by atoms with Gasteiger partial charge in [-0.2, -0.15) is 0 Å². The van der Waals surface area contributed by atoms with Crippen molar-refractivity contribution in [3.05, 3.63) is 23.9 Å². The Hall–Kier alpha value is -1.58. The van der Waals surface area contributed by atoms with Gasteiger partial charge in [0.05, 0.1) is 12.4 Å². The molecule has 0 radical (unpaired) electrons. The number of pyridine rings is 1. The van der Waals surface area contributed by atoms with Crippen LogP contribution < -0.4 is 4.72 Å². The fourth-order valence-corrected chi connectivity index (χ4v) is 2.32. The Labute approximate surface area is 107 Å². The Morgan fingerprint density at radius 1 is 1.44 bits per heavy atom. The van der Waals surface area contributed by atoms with Crippen LogP contribution in [0.15, 0.2) is 18.2 Å². The monoisotopic (exact) mass is 268 g/mol. The summed E-state index contributed by atoms with van der Waals surface area (Å²) in [6.45, 7) is 1.79. The van der Waals surface area contributed by atoms with Crippen LogP contribution in [0.4, 0.5) is 5.82 Å². The van der Waals surface area contributed by atoms with Gasteiger partial charge in [0.25, 0.3) is 0 Å². The second kappa shape index (κ2) is 6.99. The summed E-state index contributed by atoms with van der Waals surface area (Å²) in [7, 11) is -3.33. The van der Waals surface area contributed by atoms with Gasteiger partial charge < -0.3 is 5.11 Å². The summed E-state index contributed by atoms with van der Waals surface area (Å²) in [5.41, 5.74) is 0.472. The Balaban J connectivity index is 2.81. The summed E-state index contributed by atoms with van der Waals surface area (Å²) in [6, 6.07) is 4.94. The van der Waals surface area contributed by atoms with E-state index in [4.69, 9.17) is 5.11 Å². The van der Waals surface area contributed by atoms with Crippen LogP contribution in [0.3, 0.4) is 0 Å². The average Bonchev–Trinajstić information content (AvgIpc) is 2.29. The van der Waals surface area contributed by atoms with Gasteiger partial charge in [-0.3, -0.25) is 4.72 Å². The average molecular weight is 268 g/mol. The van der Waals surface area contributed by atoms with Gasteiger partial charge in [-0.25, -0.2) is 13.4 Å². The maximum Gasteiger partial charge on any atom is 0.233 e. The molecule has 0 saturated heterocycles. The minimum Gasteiger partial charge on any atom is -0.395 e. The molecule has 0 bridgehead atoms. The Bertz CT molecular complexity index is 544. The summed E-state index contributed by atoms with van der Waals surface area (Å²) in [4.78, 5) is 4.07. The van der Waals surface area contributed by atoms with Crippen LogP contribution in [-0.4, -0.2) is 30.9 Å². The van der Waals surface area contributed by atoms with E-state index < -0.39 is 10.0 Å². The number of nitrogens with zero attached hydrogens (tertiary/aromatic N) is 1. The lowest BCUT2D eigenvalue weighted by atomic mass is 10.3. The van der Waals surface area contributed by atoms with Crippen LogP contribution in [0.25, 0.3) is 0 Å². The number of anilines is 1. The first-order valence-electron chi connectivity index (χ1n) is 5.64. The zero-order valence-electron chi connectivity index (χ0n) is 10.2. The molecule has 5 nitrogen and oxygen atoms in total. The quantitative estimate of drug-likeness (QED) is 0.780. The standard InChI is InChI=1S/C12H16N2O3S/c1-2-10-18(16,17)14-12-8-5-7-11(13-12)6-3-4-9-15/h5,7-8,15H,2,4,9-10H2,1H3,(H,13,14). The molecule has 0 fully saturated rings. The number of aromatic nitrogens is 1. The highest BCUT2D eigenvalue weighted by Gasteiger charge is 2.09. The van der Waals surface area contributed by atoms with Crippen molar-refractivity contribution in [2.45, 2.75) is 19.8 Å². The van der Waals surface area contributed by atoms with Gasteiger partial charge in [0.15, 0.2) is 0 Å². The lowest BCUT2D eigenvalue weighted by molar-refractivity contribution is 0.305. The molecule has 1 aromatic heterocycles. The molecule has 0 aliphatic heterocycles. The van der Waals surface area contributed by atoms with Crippen LogP contribution >= 0.6 is 0 Å². The smallest absolute Gasteiger partial charge is 0.233 e. The van der Waals surface area contributed by atoms with Crippen molar-refractivity contribution in [3.8, 4) is 11.8 Å². The van der Waals surface area contributed by atoms with Crippen LogP contribution in [0, 0.1) is 11.8 Å². The summed E-state index contributed by atoms with van der Waals surface area (Å²) in [5, 5.41) is 8.60. The molecule has 1 aromatic rings. The van der Waals surface area contributed by atoms with E-state index in [1.165, 1.54) is 0 Å². The van der Waals surface area contributed by atoms with Crippen molar-refractivity contribution < 1.29 is 13.5 Å². The zero-order valence-corrected chi connectivity index (χ0v) is 11.0. The predicted octanol–water partition coefficient (Wildman–Crippen LogP) is 0.967. The second-order valence-corrected chi connectivity index (χ2v) is 5.45. The molecule has 0 aliphatic rings. The SMILES string of the molecule is CCCS(=O)(=O)Nc1cccc(C#CCCO)n1. The lowest BCUT2D eigenvalue weighted by Crippen LogP contribution is -2.17. The van der Waals surface area contributed by atoms with Gasteiger partial charge in [-0.1, -0.05) is 18.9 Å². The van der Waals surface area contributed by atoms with Crippen LogP contribution in [-0.2, 0) is 10.0 Å². The largest absolute Gasteiger partial charge is 0.395 e. The van der Waals surface area contributed by atoms with Crippen LogP contribution in [0.1, 0.15) is 25.5 Å². The van der Waals surface area contributed by atoms with Crippen molar-refractivity contribution in [2.24, 2.45) is 0 Å². The molecule has 0 atom stereocenters. The van der Waals surface area contributed by atoms with E-state index in [9.17, 15) is 8.42 Å². The van der Waals surface area contributed by atoms with Gasteiger partial charge in [0.2, 0.25) is 10.0 Å². The summed E-state index contributed by atoms with van der Waals surface area (Å²) >= 11 is 0. The van der Waals surface area contributed by atoms with E-state index in [2.05, 4.69) is 21.5 Å². The molecule has 2 N–H and O–H groups in total. The Morgan fingerprint density at radius 2 is 2.22 bits per heavy atom. The maximum atomic E-state index is 11.6. The third-order valence-corrected chi connectivity index (χ3v) is 3.40. The number of sulfonamides is 1. The zero-order chi connectivity index (χ0) is 13.4. The van der Waals surface area contributed by atoms with E-state index in [0.717, 1.165) is 0 Å². The molecule has 0 spiro atoms. The van der Waals surface area contributed by atoms with Crippen LogP contribution in [0.5, 0.6) is 0 Å². The van der Waals surface area contributed by atoms with Gasteiger partial charge >= 0.3 is 0 Å². The molecule has 98 valence electrons. The van der Waals surface area contributed by atoms with Gasteiger partial charge in [0, 0.05) is 6.42 Å². The first-order chi connectivity index (χ1) is 8.57. The fraction of sp³-hybridized carbons (Fsp3) is 0.417. The normalized spacial score (nSPS) is 10.6. The van der Waals surface area contributed by atoms with Crippen molar-refractivity contribution in [1.29, 1.82) is 0 Å². The third-order valence-electron chi connectivity index (χ3n) is 1.94. The molecule has 0 aromatic carbocycles. The topological polar surface area (TPSA) is 79.3 Å². The highest BCUT2D eigenvalue weighted by Crippen LogP contribution is 2.07. The number of hydrogen-bond acceptors (Lipinski definition) is 4. The predicted molar refractivity (Wildman–Crippen MR) is 70.5 cm³/mol. The van der Waals surface area contributed by atoms with Crippen molar-refractivity contribution in [3.63, 3.8) is 0 Å². The highest BCUT2D eigenvalue weighted by molar-refractivity contribution is 7.92. The minimum atomic E-state index is -3.33. The van der Waals surface area contributed by atoms with E-state index in [0.29, 0.717) is 18.5 Å². The number of aliphatic hydroxyl groups is 1. The van der Waals surface area contributed by atoms with Gasteiger partial charge in [-0.05, 0) is 24.5 Å². The van der Waals surface area contributed by atoms with E-state index in [-0.39, 0.29) is 18.2 Å². The molecule has 18 heavy (non-hydrogen) atoms. The van der Waals surface area contributed by atoms with Crippen molar-refractivity contribution >= 4 is 15.8 Å². The molecular weight excluding hydrogens is 252 g/mol. The number of rotatable bonds is 5. The first kappa shape index (κ1) is 14.5. The first-order valence-corrected chi connectivity index (χ1v) is 7.30. The third kappa shape index (κ3) is 5.17. The van der Waals surface area contributed by atoms with Gasteiger partial charge in [-0.15, -0.1) is 0 Å². The Kier molecular flexibility index (Phi) is 5.62. The van der Waals surface area contributed by atoms with Gasteiger partial charge in [0.1, 0.15) is 11.5 Å². The maximum absolute atomic E-state index is 11.6. The van der Waals surface area contributed by atoms with E-state index in [1.807, 2.05) is 0 Å². The summed E-state index contributed by atoms with van der Waals surface area (Å²) < 4.78 is 25.5. The molecule has 1 rings (SSSR count). The summed E-state index contributed by atoms with van der Waals surface area (Å²) in [5.74, 6) is 5.80. The molecule has 0 unspecified atom stereocenters. The molecule has 0 aliphatic carbocycles. The lowest BCUT2D eigenvalue weighted by Gasteiger charge is -2.05.